The van der Waals surface area contributed by atoms with Crippen LogP contribution in [0.4, 0.5) is 5.69 Å². The Labute approximate surface area is 118 Å². The van der Waals surface area contributed by atoms with Crippen molar-refractivity contribution in [1.82, 2.24) is 9.78 Å². The van der Waals surface area contributed by atoms with Gasteiger partial charge in [-0.1, -0.05) is 32.4 Å². The summed E-state index contributed by atoms with van der Waals surface area (Å²) in [7, 11) is 1.58. The van der Waals surface area contributed by atoms with Crippen LogP contribution in [-0.2, 0) is 11.3 Å². The molecular weight excluding hydrogens is 266 g/mol. The Kier molecular flexibility index (Phi) is 6.31. The number of nitrogens with one attached hydrogen (secondary N) is 1. The van der Waals surface area contributed by atoms with E-state index in [1.54, 1.807) is 13.3 Å². The van der Waals surface area contributed by atoms with Crippen molar-refractivity contribution in [2.45, 2.75) is 39.8 Å². The molecule has 0 amide bonds. The lowest BCUT2D eigenvalue weighted by Gasteiger charge is -2.22. The molecule has 19 heavy (non-hydrogen) atoms. The number of nitrogens with zero attached hydrogens (tertiary/aromatic N) is 2. The molecule has 1 unspecified atom stereocenters. The van der Waals surface area contributed by atoms with Crippen molar-refractivity contribution in [3.63, 3.8) is 0 Å². The van der Waals surface area contributed by atoms with Crippen LogP contribution in [0.3, 0.4) is 0 Å². The molecule has 0 fully saturated rings. The minimum Gasteiger partial charge on any atom is -0.383 e. The Morgan fingerprint density at radius 1 is 1.53 bits per heavy atom. The van der Waals surface area contributed by atoms with Crippen molar-refractivity contribution in [3.05, 3.63) is 21.6 Å². The van der Waals surface area contributed by atoms with Crippen molar-refractivity contribution in [1.29, 1.82) is 0 Å². The highest BCUT2D eigenvalue weighted by Gasteiger charge is 2.15. The highest BCUT2D eigenvalue weighted by atomic mass is 35.5. The molecule has 0 bridgehead atoms. The SMILES string of the molecule is CCC(Nc1cnn(CCOC)c(=O)c1Cl)C(C)C. The quantitative estimate of drug-likeness (QED) is 0.837. The Bertz CT molecular complexity index is 460. The molecule has 1 aromatic heterocycles. The van der Waals surface area contributed by atoms with Gasteiger partial charge < -0.3 is 10.1 Å². The molecule has 0 aliphatic carbocycles. The van der Waals surface area contributed by atoms with E-state index >= 15 is 0 Å². The molecule has 1 aromatic rings. The van der Waals surface area contributed by atoms with E-state index in [1.807, 2.05) is 0 Å². The summed E-state index contributed by atoms with van der Waals surface area (Å²) in [5.41, 5.74) is 0.309. The zero-order valence-electron chi connectivity index (χ0n) is 11.9. The van der Waals surface area contributed by atoms with Crippen molar-refractivity contribution in [2.75, 3.05) is 19.0 Å². The minimum absolute atomic E-state index is 0.185. The van der Waals surface area contributed by atoms with E-state index in [1.165, 1.54) is 4.68 Å². The molecule has 0 saturated heterocycles. The molecule has 1 rings (SSSR count). The monoisotopic (exact) mass is 287 g/mol. The van der Waals surface area contributed by atoms with Gasteiger partial charge in [-0.3, -0.25) is 4.79 Å². The molecular formula is C13H22ClN3O2. The largest absolute Gasteiger partial charge is 0.383 e. The first-order chi connectivity index (χ1) is 9.01. The molecule has 5 nitrogen and oxygen atoms in total. The van der Waals surface area contributed by atoms with E-state index in [4.69, 9.17) is 16.3 Å². The second-order valence-electron chi connectivity index (χ2n) is 4.80. The first kappa shape index (κ1) is 16.0. The van der Waals surface area contributed by atoms with Gasteiger partial charge in [0.1, 0.15) is 5.02 Å². The van der Waals surface area contributed by atoms with Crippen LogP contribution in [-0.4, -0.2) is 29.5 Å². The number of hydrogen-bond donors (Lipinski definition) is 1. The fourth-order valence-corrected chi connectivity index (χ4v) is 2.04. The van der Waals surface area contributed by atoms with Gasteiger partial charge in [-0.25, -0.2) is 4.68 Å². The first-order valence-electron chi connectivity index (χ1n) is 6.52. The number of methoxy groups -OCH3 is 1. The molecule has 0 saturated carbocycles. The van der Waals surface area contributed by atoms with Crippen LogP contribution in [0.1, 0.15) is 27.2 Å². The standard InChI is InChI=1S/C13H22ClN3O2/c1-5-10(9(2)3)16-11-8-15-17(6-7-19-4)13(18)12(11)14/h8-10,16H,5-7H2,1-4H3. The molecule has 0 aromatic carbocycles. The minimum atomic E-state index is -0.290. The van der Waals surface area contributed by atoms with Gasteiger partial charge >= 0.3 is 0 Å². The van der Waals surface area contributed by atoms with E-state index in [0.717, 1.165) is 6.42 Å². The predicted octanol–water partition coefficient (Wildman–Crippen LogP) is 2.39. The highest BCUT2D eigenvalue weighted by Crippen LogP contribution is 2.19. The average molecular weight is 288 g/mol. The molecule has 1 heterocycles. The van der Waals surface area contributed by atoms with Crippen LogP contribution in [0.5, 0.6) is 0 Å². The highest BCUT2D eigenvalue weighted by molar-refractivity contribution is 6.32. The van der Waals surface area contributed by atoms with Gasteiger partial charge in [-0.05, 0) is 12.3 Å². The first-order valence-corrected chi connectivity index (χ1v) is 6.90. The summed E-state index contributed by atoms with van der Waals surface area (Å²) in [6.07, 6.45) is 2.56. The summed E-state index contributed by atoms with van der Waals surface area (Å²) in [5.74, 6) is 0.456. The number of halogens is 1. The Morgan fingerprint density at radius 3 is 2.74 bits per heavy atom. The van der Waals surface area contributed by atoms with E-state index in [0.29, 0.717) is 24.8 Å². The van der Waals surface area contributed by atoms with Gasteiger partial charge in [0.15, 0.2) is 0 Å². The van der Waals surface area contributed by atoms with Crippen molar-refractivity contribution < 1.29 is 4.74 Å². The molecule has 0 aliphatic rings. The fraction of sp³-hybridized carbons (Fsp3) is 0.692. The van der Waals surface area contributed by atoms with E-state index < -0.39 is 0 Å². The third-order valence-corrected chi connectivity index (χ3v) is 3.44. The Balaban J connectivity index is 2.93. The molecule has 1 atom stereocenters. The average Bonchev–Trinajstić information content (AvgIpc) is 2.39. The lowest BCUT2D eigenvalue weighted by Crippen LogP contribution is -2.29. The van der Waals surface area contributed by atoms with Crippen LogP contribution >= 0.6 is 11.6 Å². The summed E-state index contributed by atoms with van der Waals surface area (Å²) in [6.45, 7) is 7.18. The van der Waals surface area contributed by atoms with E-state index in [2.05, 4.69) is 31.2 Å². The smallest absolute Gasteiger partial charge is 0.287 e. The topological polar surface area (TPSA) is 56.1 Å². The normalized spacial score (nSPS) is 12.7. The van der Waals surface area contributed by atoms with Crippen molar-refractivity contribution in [2.24, 2.45) is 5.92 Å². The van der Waals surface area contributed by atoms with Crippen LogP contribution < -0.4 is 10.9 Å². The lowest BCUT2D eigenvalue weighted by molar-refractivity contribution is 0.182. The third kappa shape index (κ3) is 4.21. The van der Waals surface area contributed by atoms with Crippen molar-refractivity contribution in [3.8, 4) is 0 Å². The molecule has 108 valence electrons. The summed E-state index contributed by atoms with van der Waals surface area (Å²) in [5, 5.41) is 7.57. The maximum atomic E-state index is 12.0. The molecule has 0 radical (unpaired) electrons. The Morgan fingerprint density at radius 2 is 2.21 bits per heavy atom. The van der Waals surface area contributed by atoms with Crippen LogP contribution in [0.2, 0.25) is 5.02 Å². The second-order valence-corrected chi connectivity index (χ2v) is 5.17. The van der Waals surface area contributed by atoms with Gasteiger partial charge in [0.05, 0.1) is 25.0 Å². The van der Waals surface area contributed by atoms with Crippen LogP contribution in [0.25, 0.3) is 0 Å². The summed E-state index contributed by atoms with van der Waals surface area (Å²) < 4.78 is 6.24. The number of rotatable bonds is 7. The van der Waals surface area contributed by atoms with Gasteiger partial charge in [-0.2, -0.15) is 5.10 Å². The zero-order valence-corrected chi connectivity index (χ0v) is 12.7. The van der Waals surface area contributed by atoms with E-state index in [-0.39, 0.29) is 16.6 Å². The number of anilines is 1. The van der Waals surface area contributed by atoms with Gasteiger partial charge in [0.25, 0.3) is 5.56 Å². The molecule has 0 aliphatic heterocycles. The van der Waals surface area contributed by atoms with E-state index in [9.17, 15) is 4.79 Å². The summed E-state index contributed by atoms with van der Waals surface area (Å²) in [6, 6.07) is 0.272. The second kappa shape index (κ2) is 7.50. The maximum absolute atomic E-state index is 12.0. The summed E-state index contributed by atoms with van der Waals surface area (Å²) in [4.78, 5) is 12.0. The summed E-state index contributed by atoms with van der Waals surface area (Å²) >= 11 is 6.11. The van der Waals surface area contributed by atoms with Crippen LogP contribution in [0, 0.1) is 5.92 Å². The fourth-order valence-electron chi connectivity index (χ4n) is 1.84. The zero-order chi connectivity index (χ0) is 14.4. The van der Waals surface area contributed by atoms with Gasteiger partial charge in [-0.15, -0.1) is 0 Å². The number of hydrogen-bond acceptors (Lipinski definition) is 4. The van der Waals surface area contributed by atoms with Gasteiger partial charge in [0, 0.05) is 13.2 Å². The lowest BCUT2D eigenvalue weighted by atomic mass is 10.0. The van der Waals surface area contributed by atoms with Crippen molar-refractivity contribution >= 4 is 17.3 Å². The maximum Gasteiger partial charge on any atom is 0.287 e. The van der Waals surface area contributed by atoms with Gasteiger partial charge in [0.2, 0.25) is 0 Å². The molecule has 1 N–H and O–H groups in total. The predicted molar refractivity (Wildman–Crippen MR) is 77.9 cm³/mol. The molecule has 0 spiro atoms. The third-order valence-electron chi connectivity index (χ3n) is 3.08. The number of ether oxygens (including phenoxy) is 1. The Hall–Kier alpha value is -1.07. The molecule has 6 heteroatoms. The number of aromatic nitrogens is 2. The van der Waals surface area contributed by atoms with Crippen LogP contribution in [0.15, 0.2) is 11.0 Å².